The lowest BCUT2D eigenvalue weighted by molar-refractivity contribution is 0.161. The molecule has 0 amide bonds. The number of hydrogen-bond acceptors (Lipinski definition) is 5. The van der Waals surface area contributed by atoms with E-state index in [0.717, 1.165) is 69.4 Å². The molecule has 6 nitrogen and oxygen atoms in total. The number of hydrogen-bond donors (Lipinski definition) is 1. The van der Waals surface area contributed by atoms with Crippen molar-refractivity contribution in [2.24, 2.45) is 5.92 Å². The lowest BCUT2D eigenvalue weighted by Gasteiger charge is -2.35. The summed E-state index contributed by atoms with van der Waals surface area (Å²) in [5, 5.41) is 0. The van der Waals surface area contributed by atoms with E-state index in [-0.39, 0.29) is 5.56 Å². The van der Waals surface area contributed by atoms with E-state index in [1.54, 1.807) is 0 Å². The Bertz CT molecular complexity index is 638. The fourth-order valence-corrected chi connectivity index (χ4v) is 4.28. The molecule has 0 aliphatic carbocycles. The average molecular weight is 332 g/mol. The zero-order valence-corrected chi connectivity index (χ0v) is 14.6. The van der Waals surface area contributed by atoms with Gasteiger partial charge in [0.1, 0.15) is 0 Å². The topological polar surface area (TPSA) is 61.5 Å². The van der Waals surface area contributed by atoms with Gasteiger partial charge in [0.25, 0.3) is 5.56 Å². The molecule has 0 saturated carbocycles. The molecule has 0 radical (unpaired) electrons. The van der Waals surface area contributed by atoms with Crippen molar-refractivity contribution in [2.45, 2.75) is 51.6 Å². The third kappa shape index (κ3) is 3.22. The molecule has 0 unspecified atom stereocenters. The monoisotopic (exact) mass is 332 g/mol. The molecule has 3 aliphatic heterocycles. The minimum Gasteiger partial charge on any atom is -0.381 e. The van der Waals surface area contributed by atoms with Crippen LogP contribution in [0.15, 0.2) is 4.79 Å². The van der Waals surface area contributed by atoms with Crippen molar-refractivity contribution in [1.82, 2.24) is 14.9 Å². The number of anilines is 1. The van der Waals surface area contributed by atoms with Crippen LogP contribution in [0.1, 0.15) is 43.9 Å². The fourth-order valence-electron chi connectivity index (χ4n) is 4.28. The maximum Gasteiger partial charge on any atom is 0.255 e. The van der Waals surface area contributed by atoms with E-state index in [1.807, 2.05) is 0 Å². The maximum absolute atomic E-state index is 12.5. The highest BCUT2D eigenvalue weighted by atomic mass is 16.5. The molecule has 1 N–H and O–H groups in total. The van der Waals surface area contributed by atoms with Gasteiger partial charge in [0.2, 0.25) is 5.95 Å². The van der Waals surface area contributed by atoms with Gasteiger partial charge in [-0.2, -0.15) is 0 Å². The minimum atomic E-state index is 0.0663. The van der Waals surface area contributed by atoms with Crippen LogP contribution in [0.25, 0.3) is 0 Å². The van der Waals surface area contributed by atoms with E-state index in [0.29, 0.717) is 12.0 Å². The van der Waals surface area contributed by atoms with Crippen molar-refractivity contribution in [3.05, 3.63) is 21.6 Å². The highest BCUT2D eigenvalue weighted by Gasteiger charge is 2.27. The van der Waals surface area contributed by atoms with E-state index in [2.05, 4.69) is 21.7 Å². The van der Waals surface area contributed by atoms with E-state index < -0.39 is 0 Å². The molecule has 0 spiro atoms. The van der Waals surface area contributed by atoms with Crippen molar-refractivity contribution in [1.29, 1.82) is 0 Å². The number of aromatic amines is 1. The quantitative estimate of drug-likeness (QED) is 0.910. The summed E-state index contributed by atoms with van der Waals surface area (Å²) in [6, 6.07) is 0.454. The molecule has 2 fully saturated rings. The van der Waals surface area contributed by atoms with Gasteiger partial charge in [-0.05, 0) is 44.9 Å². The van der Waals surface area contributed by atoms with Crippen molar-refractivity contribution in [2.75, 3.05) is 37.7 Å². The number of nitrogens with zero attached hydrogens (tertiary/aromatic N) is 3. The Morgan fingerprint density at radius 2 is 2.21 bits per heavy atom. The van der Waals surface area contributed by atoms with Crippen molar-refractivity contribution < 1.29 is 4.74 Å². The molecule has 0 aromatic carbocycles. The van der Waals surface area contributed by atoms with Gasteiger partial charge in [-0.3, -0.25) is 14.7 Å². The van der Waals surface area contributed by atoms with Crippen LogP contribution in [0.4, 0.5) is 5.95 Å². The third-order valence-corrected chi connectivity index (χ3v) is 5.76. The van der Waals surface area contributed by atoms with Crippen LogP contribution in [0.5, 0.6) is 0 Å². The zero-order chi connectivity index (χ0) is 16.5. The number of rotatable bonds is 3. The van der Waals surface area contributed by atoms with Gasteiger partial charge >= 0.3 is 0 Å². The number of aromatic nitrogens is 2. The Balaban J connectivity index is 1.53. The number of piperidine rings is 1. The minimum absolute atomic E-state index is 0.0663. The lowest BCUT2D eigenvalue weighted by Crippen LogP contribution is -2.42. The van der Waals surface area contributed by atoms with E-state index in [9.17, 15) is 4.79 Å². The predicted octanol–water partition coefficient (Wildman–Crippen LogP) is 1.54. The molecule has 4 rings (SSSR count). The van der Waals surface area contributed by atoms with Crippen molar-refractivity contribution in [3.8, 4) is 0 Å². The van der Waals surface area contributed by atoms with Crippen LogP contribution < -0.4 is 10.5 Å². The van der Waals surface area contributed by atoms with Crippen LogP contribution in [0, 0.1) is 5.92 Å². The molecule has 24 heavy (non-hydrogen) atoms. The summed E-state index contributed by atoms with van der Waals surface area (Å²) in [7, 11) is 0. The third-order valence-electron chi connectivity index (χ3n) is 5.76. The first-order valence-corrected chi connectivity index (χ1v) is 9.39. The molecule has 2 atom stereocenters. The van der Waals surface area contributed by atoms with E-state index in [4.69, 9.17) is 9.72 Å². The molecule has 2 saturated heterocycles. The summed E-state index contributed by atoms with van der Waals surface area (Å²) < 4.78 is 5.49. The van der Waals surface area contributed by atoms with Crippen LogP contribution >= 0.6 is 0 Å². The van der Waals surface area contributed by atoms with Crippen LogP contribution in [0.2, 0.25) is 0 Å². The molecule has 1 aromatic rings. The average Bonchev–Trinajstić information content (AvgIpc) is 3.08. The van der Waals surface area contributed by atoms with Gasteiger partial charge < -0.3 is 9.64 Å². The first kappa shape index (κ1) is 16.1. The fraction of sp³-hybridized carbons (Fsp3) is 0.778. The summed E-state index contributed by atoms with van der Waals surface area (Å²) in [6.07, 6.45) is 5.58. The van der Waals surface area contributed by atoms with E-state index in [1.165, 1.54) is 19.3 Å². The number of H-pyrrole nitrogens is 1. The zero-order valence-electron chi connectivity index (χ0n) is 14.6. The van der Waals surface area contributed by atoms with Gasteiger partial charge in [0, 0.05) is 44.4 Å². The smallest absolute Gasteiger partial charge is 0.255 e. The second-order valence-electron chi connectivity index (χ2n) is 7.57. The molecular formula is C18H28N4O2. The Morgan fingerprint density at radius 1 is 1.29 bits per heavy atom. The van der Waals surface area contributed by atoms with Crippen LogP contribution in [-0.2, 0) is 17.7 Å². The molecule has 4 heterocycles. The second-order valence-corrected chi connectivity index (χ2v) is 7.57. The summed E-state index contributed by atoms with van der Waals surface area (Å²) in [5.41, 5.74) is 1.94. The molecular weight excluding hydrogens is 304 g/mol. The van der Waals surface area contributed by atoms with E-state index >= 15 is 0 Å². The normalized spacial score (nSPS) is 28.1. The van der Waals surface area contributed by atoms with Crippen molar-refractivity contribution >= 4 is 5.95 Å². The lowest BCUT2D eigenvalue weighted by atomic mass is 10.0. The Kier molecular flexibility index (Phi) is 4.59. The number of nitrogens with one attached hydrogen (secondary N) is 1. The highest BCUT2D eigenvalue weighted by molar-refractivity contribution is 5.36. The SMILES string of the molecule is C[C@H]1CCCCN1c1nc2c(c(=O)[nH]1)CCN(C[C@@H]1CCOC1)C2. The molecule has 0 bridgehead atoms. The summed E-state index contributed by atoms with van der Waals surface area (Å²) >= 11 is 0. The Labute approximate surface area is 143 Å². The molecule has 132 valence electrons. The number of fused-ring (bicyclic) bond motifs is 1. The summed E-state index contributed by atoms with van der Waals surface area (Å²) in [5.74, 6) is 1.41. The van der Waals surface area contributed by atoms with Gasteiger partial charge in [0.15, 0.2) is 0 Å². The Hall–Kier alpha value is -1.40. The maximum atomic E-state index is 12.5. The van der Waals surface area contributed by atoms with Gasteiger partial charge in [-0.15, -0.1) is 0 Å². The van der Waals surface area contributed by atoms with Gasteiger partial charge in [-0.25, -0.2) is 4.98 Å². The first-order valence-electron chi connectivity index (χ1n) is 9.39. The molecule has 6 heteroatoms. The second kappa shape index (κ2) is 6.84. The van der Waals surface area contributed by atoms with Crippen LogP contribution in [-0.4, -0.2) is 53.8 Å². The standard InChI is InChI=1S/C18H28N4O2/c1-13-4-2-3-7-22(13)18-19-16-11-21(10-14-6-9-24-12-14)8-5-15(16)17(23)20-18/h13-14H,2-12H2,1H3,(H,19,20,23)/t13-,14-/m0/s1. The summed E-state index contributed by atoms with van der Waals surface area (Å²) in [4.78, 5) is 25.2. The largest absolute Gasteiger partial charge is 0.381 e. The van der Waals surface area contributed by atoms with Crippen molar-refractivity contribution in [3.63, 3.8) is 0 Å². The highest BCUT2D eigenvalue weighted by Crippen LogP contribution is 2.24. The summed E-state index contributed by atoms with van der Waals surface area (Å²) in [6.45, 7) is 7.80. The predicted molar refractivity (Wildman–Crippen MR) is 93.4 cm³/mol. The first-order chi connectivity index (χ1) is 11.7. The van der Waals surface area contributed by atoms with Crippen LogP contribution in [0.3, 0.4) is 0 Å². The molecule has 3 aliphatic rings. The van der Waals surface area contributed by atoms with Gasteiger partial charge in [0.05, 0.1) is 12.3 Å². The molecule has 1 aromatic heterocycles. The number of ether oxygens (including phenoxy) is 1. The van der Waals surface area contributed by atoms with Gasteiger partial charge in [-0.1, -0.05) is 0 Å². The Morgan fingerprint density at radius 3 is 3.00 bits per heavy atom.